The molecule has 3 aromatic carbocycles. The van der Waals surface area contributed by atoms with Crippen molar-refractivity contribution in [2.75, 3.05) is 26.2 Å². The summed E-state index contributed by atoms with van der Waals surface area (Å²) in [5, 5.41) is 2.95. The summed E-state index contributed by atoms with van der Waals surface area (Å²) in [5.41, 5.74) is 2.51. The van der Waals surface area contributed by atoms with Gasteiger partial charge in [0.15, 0.2) is 0 Å². The molecule has 0 saturated carbocycles. The van der Waals surface area contributed by atoms with Crippen molar-refractivity contribution in [2.24, 2.45) is 0 Å². The molecular formula is C26H28BrN3O3S. The van der Waals surface area contributed by atoms with Crippen molar-refractivity contribution in [1.29, 1.82) is 0 Å². The molecule has 34 heavy (non-hydrogen) atoms. The highest BCUT2D eigenvalue weighted by Crippen LogP contribution is 2.21. The summed E-state index contributed by atoms with van der Waals surface area (Å²) >= 11 is 3.41. The van der Waals surface area contributed by atoms with E-state index in [1.807, 2.05) is 49.4 Å². The smallest absolute Gasteiger partial charge is 0.251 e. The van der Waals surface area contributed by atoms with Crippen LogP contribution in [-0.4, -0.2) is 49.7 Å². The fraction of sp³-hybridized carbons (Fsp3) is 0.269. The van der Waals surface area contributed by atoms with E-state index in [0.717, 1.165) is 16.6 Å². The summed E-state index contributed by atoms with van der Waals surface area (Å²) < 4.78 is 29.0. The Morgan fingerprint density at radius 2 is 1.62 bits per heavy atom. The standard InChI is InChI=1S/C26H28BrN3O3S/c1-20(22-10-12-24(27)13-11-22)28-26(31)23-8-5-9-25(18-23)34(32,33)30-16-14-29(15-17-30)19-21-6-3-2-4-7-21/h2-13,18,20H,14-17,19H2,1H3,(H,28,31)/t20-/m1/s1. The predicted octanol–water partition coefficient (Wildman–Crippen LogP) is 4.45. The molecule has 1 amide bonds. The zero-order chi connectivity index (χ0) is 24.1. The molecule has 1 aliphatic heterocycles. The molecule has 0 bridgehead atoms. The number of carbonyl (C=O) groups is 1. The van der Waals surface area contributed by atoms with E-state index in [-0.39, 0.29) is 16.8 Å². The van der Waals surface area contributed by atoms with Crippen LogP contribution in [0.4, 0.5) is 0 Å². The fourth-order valence-corrected chi connectivity index (χ4v) is 5.76. The minimum atomic E-state index is -3.68. The van der Waals surface area contributed by atoms with E-state index in [9.17, 15) is 13.2 Å². The lowest BCUT2D eigenvalue weighted by molar-refractivity contribution is 0.0939. The maximum Gasteiger partial charge on any atom is 0.251 e. The summed E-state index contributed by atoms with van der Waals surface area (Å²) in [4.78, 5) is 15.2. The Kier molecular flexibility index (Phi) is 7.83. The molecule has 1 fully saturated rings. The molecule has 1 aliphatic rings. The lowest BCUT2D eigenvalue weighted by Gasteiger charge is -2.34. The van der Waals surface area contributed by atoms with Crippen molar-refractivity contribution in [2.45, 2.75) is 24.4 Å². The maximum absolute atomic E-state index is 13.3. The molecule has 1 atom stereocenters. The van der Waals surface area contributed by atoms with Crippen LogP contribution in [0.1, 0.15) is 34.5 Å². The van der Waals surface area contributed by atoms with E-state index in [2.05, 4.69) is 38.3 Å². The van der Waals surface area contributed by atoms with Crippen LogP contribution >= 0.6 is 15.9 Å². The van der Waals surface area contributed by atoms with Crippen LogP contribution in [0.25, 0.3) is 0 Å². The van der Waals surface area contributed by atoms with Gasteiger partial charge in [-0.2, -0.15) is 4.31 Å². The van der Waals surface area contributed by atoms with Gasteiger partial charge in [0.05, 0.1) is 10.9 Å². The average molecular weight is 542 g/mol. The quantitative estimate of drug-likeness (QED) is 0.479. The third-order valence-electron chi connectivity index (χ3n) is 6.03. The minimum Gasteiger partial charge on any atom is -0.346 e. The molecular weight excluding hydrogens is 514 g/mol. The van der Waals surface area contributed by atoms with E-state index in [1.54, 1.807) is 18.2 Å². The zero-order valence-corrected chi connectivity index (χ0v) is 21.4. The Balaban J connectivity index is 1.40. The van der Waals surface area contributed by atoms with Crippen LogP contribution in [0.15, 0.2) is 88.2 Å². The van der Waals surface area contributed by atoms with Crippen LogP contribution < -0.4 is 5.32 Å². The number of piperazine rings is 1. The van der Waals surface area contributed by atoms with Gasteiger partial charge in [0, 0.05) is 42.8 Å². The van der Waals surface area contributed by atoms with E-state index in [4.69, 9.17) is 0 Å². The second kappa shape index (κ2) is 10.8. The van der Waals surface area contributed by atoms with Crippen LogP contribution in [0.3, 0.4) is 0 Å². The van der Waals surface area contributed by atoms with Gasteiger partial charge in [-0.1, -0.05) is 64.5 Å². The van der Waals surface area contributed by atoms with Crippen molar-refractivity contribution < 1.29 is 13.2 Å². The molecule has 0 unspecified atom stereocenters. The number of hydrogen-bond donors (Lipinski definition) is 1. The Bertz CT molecular complexity index is 1230. The lowest BCUT2D eigenvalue weighted by Crippen LogP contribution is -2.48. The summed E-state index contributed by atoms with van der Waals surface area (Å²) in [6.45, 7) is 4.88. The van der Waals surface area contributed by atoms with Gasteiger partial charge in [-0.3, -0.25) is 9.69 Å². The number of carbonyl (C=O) groups excluding carboxylic acids is 1. The van der Waals surface area contributed by atoms with Gasteiger partial charge in [0.2, 0.25) is 10.0 Å². The monoisotopic (exact) mass is 541 g/mol. The van der Waals surface area contributed by atoms with E-state index in [0.29, 0.717) is 31.7 Å². The third-order valence-corrected chi connectivity index (χ3v) is 8.46. The molecule has 4 rings (SSSR count). The predicted molar refractivity (Wildman–Crippen MR) is 137 cm³/mol. The van der Waals surface area contributed by atoms with Crippen molar-refractivity contribution in [3.63, 3.8) is 0 Å². The van der Waals surface area contributed by atoms with E-state index < -0.39 is 10.0 Å². The summed E-state index contributed by atoms with van der Waals surface area (Å²) in [5.74, 6) is -0.305. The molecule has 0 spiro atoms. The number of benzene rings is 3. The largest absolute Gasteiger partial charge is 0.346 e. The van der Waals surface area contributed by atoms with Gasteiger partial charge in [0.1, 0.15) is 0 Å². The fourth-order valence-electron chi connectivity index (χ4n) is 4.03. The third kappa shape index (κ3) is 5.93. The highest BCUT2D eigenvalue weighted by Gasteiger charge is 2.29. The van der Waals surface area contributed by atoms with E-state index in [1.165, 1.54) is 15.9 Å². The highest BCUT2D eigenvalue weighted by molar-refractivity contribution is 9.10. The first-order valence-corrected chi connectivity index (χ1v) is 13.5. The lowest BCUT2D eigenvalue weighted by atomic mass is 10.1. The summed E-state index contributed by atoms with van der Waals surface area (Å²) in [6, 6.07) is 24.0. The number of amides is 1. The normalized spacial score (nSPS) is 16.2. The van der Waals surface area contributed by atoms with Crippen LogP contribution in [0.5, 0.6) is 0 Å². The molecule has 8 heteroatoms. The summed E-state index contributed by atoms with van der Waals surface area (Å²) in [7, 11) is -3.68. The first-order chi connectivity index (χ1) is 16.3. The molecule has 1 N–H and O–H groups in total. The van der Waals surface area contributed by atoms with Gasteiger partial charge >= 0.3 is 0 Å². The number of hydrogen-bond acceptors (Lipinski definition) is 4. The van der Waals surface area contributed by atoms with Crippen LogP contribution in [0.2, 0.25) is 0 Å². The highest BCUT2D eigenvalue weighted by atomic mass is 79.9. The summed E-state index contributed by atoms with van der Waals surface area (Å²) in [6.07, 6.45) is 0. The number of rotatable bonds is 7. The van der Waals surface area contributed by atoms with Crippen molar-refractivity contribution >= 4 is 31.9 Å². The second-order valence-corrected chi connectivity index (χ2v) is 11.3. The molecule has 0 radical (unpaired) electrons. The molecule has 6 nitrogen and oxygen atoms in total. The Morgan fingerprint density at radius 1 is 0.941 bits per heavy atom. The molecule has 1 saturated heterocycles. The minimum absolute atomic E-state index is 0.146. The van der Waals surface area contributed by atoms with Gasteiger partial charge in [-0.25, -0.2) is 8.42 Å². The topological polar surface area (TPSA) is 69.7 Å². The van der Waals surface area contributed by atoms with Crippen molar-refractivity contribution in [3.05, 3.63) is 100 Å². The average Bonchev–Trinajstić information content (AvgIpc) is 2.85. The Labute approximate surface area is 209 Å². The van der Waals surface area contributed by atoms with E-state index >= 15 is 0 Å². The van der Waals surface area contributed by atoms with Crippen molar-refractivity contribution in [3.8, 4) is 0 Å². The number of nitrogens with zero attached hydrogens (tertiary/aromatic N) is 2. The number of sulfonamides is 1. The van der Waals surface area contributed by atoms with Crippen LogP contribution in [0, 0.1) is 0 Å². The molecule has 3 aromatic rings. The van der Waals surface area contributed by atoms with Gasteiger partial charge < -0.3 is 5.32 Å². The van der Waals surface area contributed by atoms with Gasteiger partial charge in [-0.15, -0.1) is 0 Å². The Morgan fingerprint density at radius 3 is 2.29 bits per heavy atom. The SMILES string of the molecule is C[C@@H](NC(=O)c1cccc(S(=O)(=O)N2CCN(Cc3ccccc3)CC2)c1)c1ccc(Br)cc1. The Hall–Kier alpha value is -2.52. The zero-order valence-electron chi connectivity index (χ0n) is 19.0. The molecule has 0 aliphatic carbocycles. The second-order valence-electron chi connectivity index (χ2n) is 8.44. The molecule has 1 heterocycles. The van der Waals surface area contributed by atoms with Gasteiger partial charge in [0.25, 0.3) is 5.91 Å². The van der Waals surface area contributed by atoms with Crippen LogP contribution in [-0.2, 0) is 16.6 Å². The number of halogens is 1. The molecule has 178 valence electrons. The number of nitrogens with one attached hydrogen (secondary N) is 1. The maximum atomic E-state index is 13.3. The molecule has 0 aromatic heterocycles. The van der Waals surface area contributed by atoms with Crippen molar-refractivity contribution in [1.82, 2.24) is 14.5 Å². The first kappa shape index (κ1) is 24.6. The van der Waals surface area contributed by atoms with Gasteiger partial charge in [-0.05, 0) is 48.4 Å². The first-order valence-electron chi connectivity index (χ1n) is 11.3.